The van der Waals surface area contributed by atoms with Crippen LogP contribution in [0.25, 0.3) is 17.0 Å². The molecule has 6 heteroatoms. The Morgan fingerprint density at radius 3 is 2.74 bits per heavy atom. The van der Waals surface area contributed by atoms with Gasteiger partial charge in [0.2, 0.25) is 5.78 Å². The van der Waals surface area contributed by atoms with Crippen LogP contribution >= 0.6 is 11.6 Å². The second-order valence-electron chi connectivity index (χ2n) is 8.18. The minimum atomic E-state index is -0.139. The Balaban J connectivity index is 1.46. The van der Waals surface area contributed by atoms with Gasteiger partial charge in [0.25, 0.3) is 0 Å². The summed E-state index contributed by atoms with van der Waals surface area (Å²) in [4.78, 5) is 13.1. The maximum Gasteiger partial charge on any atom is 0.231 e. The summed E-state index contributed by atoms with van der Waals surface area (Å²) >= 11 is 6.07. The fourth-order valence-corrected chi connectivity index (χ4v) is 4.47. The van der Waals surface area contributed by atoms with Crippen LogP contribution in [-0.4, -0.2) is 17.5 Å². The zero-order valence-corrected chi connectivity index (χ0v) is 20.0. The highest BCUT2D eigenvalue weighted by Gasteiger charge is 2.30. The van der Waals surface area contributed by atoms with E-state index in [4.69, 9.17) is 25.8 Å². The number of benzene rings is 3. The molecule has 1 aromatic heterocycles. The molecule has 0 saturated carbocycles. The van der Waals surface area contributed by atoms with E-state index in [2.05, 4.69) is 11.5 Å². The Morgan fingerprint density at radius 1 is 1.12 bits per heavy atom. The zero-order valence-electron chi connectivity index (χ0n) is 19.2. The minimum Gasteiger partial charge on any atom is -0.497 e. The van der Waals surface area contributed by atoms with Crippen molar-refractivity contribution >= 4 is 34.4 Å². The summed E-state index contributed by atoms with van der Waals surface area (Å²) in [6.45, 7) is 5.17. The number of carbonyl (C=O) groups excluding carboxylic acids is 1. The number of aromatic nitrogens is 1. The number of methoxy groups -OCH3 is 1. The molecule has 0 radical (unpaired) electrons. The fraction of sp³-hybridized carbons (Fsp3) is 0.179. The van der Waals surface area contributed by atoms with Crippen LogP contribution in [-0.2, 0) is 13.2 Å². The number of ketones is 1. The summed E-state index contributed by atoms with van der Waals surface area (Å²) in [5.74, 6) is 2.12. The second-order valence-corrected chi connectivity index (χ2v) is 8.61. The smallest absolute Gasteiger partial charge is 0.231 e. The molecule has 172 valence electrons. The van der Waals surface area contributed by atoms with E-state index in [1.54, 1.807) is 13.2 Å². The van der Waals surface area contributed by atoms with Gasteiger partial charge < -0.3 is 18.8 Å². The Bertz CT molecular complexity index is 1450. The molecule has 3 aromatic carbocycles. The third-order valence-electron chi connectivity index (χ3n) is 6.07. The molecule has 5 rings (SSSR count). The lowest BCUT2D eigenvalue weighted by molar-refractivity contribution is 0.101. The van der Waals surface area contributed by atoms with Crippen LogP contribution in [0.5, 0.6) is 17.2 Å². The highest BCUT2D eigenvalue weighted by Crippen LogP contribution is 2.40. The van der Waals surface area contributed by atoms with E-state index >= 15 is 0 Å². The first-order valence-corrected chi connectivity index (χ1v) is 11.5. The number of ether oxygens (including phenoxy) is 3. The number of fused-ring (bicyclic) bond motifs is 2. The van der Waals surface area contributed by atoms with Crippen LogP contribution < -0.4 is 14.2 Å². The molecule has 1 aliphatic rings. The lowest BCUT2D eigenvalue weighted by Crippen LogP contribution is -1.98. The van der Waals surface area contributed by atoms with Crippen molar-refractivity contribution in [1.82, 2.24) is 4.57 Å². The zero-order chi connectivity index (χ0) is 23.8. The molecule has 1 aliphatic heterocycles. The maximum absolute atomic E-state index is 13.1. The van der Waals surface area contributed by atoms with Gasteiger partial charge in [-0.05, 0) is 68.0 Å². The van der Waals surface area contributed by atoms with Crippen LogP contribution in [0.4, 0.5) is 0 Å². The number of halogens is 1. The molecule has 0 spiro atoms. The molecule has 2 heterocycles. The number of allylic oxidation sites excluding steroid dienone is 1. The van der Waals surface area contributed by atoms with Crippen LogP contribution in [0.15, 0.2) is 66.6 Å². The summed E-state index contributed by atoms with van der Waals surface area (Å²) in [5.41, 5.74) is 4.27. The normalized spacial score (nSPS) is 13.9. The summed E-state index contributed by atoms with van der Waals surface area (Å²) < 4.78 is 19.6. The Labute approximate surface area is 203 Å². The van der Waals surface area contributed by atoms with Crippen LogP contribution in [0.1, 0.15) is 34.0 Å². The van der Waals surface area contributed by atoms with Crippen molar-refractivity contribution in [3.63, 3.8) is 0 Å². The van der Waals surface area contributed by atoms with Crippen molar-refractivity contribution in [1.29, 1.82) is 0 Å². The third kappa shape index (κ3) is 3.93. The van der Waals surface area contributed by atoms with Crippen molar-refractivity contribution in [2.45, 2.75) is 27.0 Å². The first-order chi connectivity index (χ1) is 16.5. The van der Waals surface area contributed by atoms with Crippen LogP contribution in [0.2, 0.25) is 5.02 Å². The Kier molecular flexibility index (Phi) is 5.80. The molecule has 0 N–H and O–H groups in total. The van der Waals surface area contributed by atoms with Crippen molar-refractivity contribution < 1.29 is 19.0 Å². The van der Waals surface area contributed by atoms with Gasteiger partial charge in [-0.3, -0.25) is 4.79 Å². The highest BCUT2D eigenvalue weighted by molar-refractivity contribution is 6.30. The van der Waals surface area contributed by atoms with E-state index in [0.29, 0.717) is 34.5 Å². The predicted octanol–water partition coefficient (Wildman–Crippen LogP) is 6.83. The lowest BCUT2D eigenvalue weighted by Gasteiger charge is -2.11. The number of hydrogen-bond donors (Lipinski definition) is 0. The van der Waals surface area contributed by atoms with Gasteiger partial charge in [-0.25, -0.2) is 0 Å². The molecule has 0 fully saturated rings. The molecule has 34 heavy (non-hydrogen) atoms. The van der Waals surface area contributed by atoms with E-state index in [1.165, 1.54) is 0 Å². The first-order valence-electron chi connectivity index (χ1n) is 11.1. The molecule has 0 saturated heterocycles. The first kappa shape index (κ1) is 22.1. The van der Waals surface area contributed by atoms with Gasteiger partial charge in [-0.1, -0.05) is 23.7 Å². The van der Waals surface area contributed by atoms with E-state index in [0.717, 1.165) is 39.9 Å². The fourth-order valence-electron chi connectivity index (χ4n) is 4.26. The van der Waals surface area contributed by atoms with Gasteiger partial charge >= 0.3 is 0 Å². The molecule has 0 aliphatic carbocycles. The molecule has 0 amide bonds. The van der Waals surface area contributed by atoms with E-state index < -0.39 is 0 Å². The summed E-state index contributed by atoms with van der Waals surface area (Å²) in [6, 6.07) is 17.1. The standard InChI is InChI=1S/C28H24ClNO4/c1-4-30-15-19(23-14-21(32-3)8-10-24(23)30)13-26-27(31)22-9-11-25(17(2)28(22)34-26)33-16-18-6-5-7-20(29)12-18/h5-15H,4,16H2,1-3H3/b26-13+. The van der Waals surface area contributed by atoms with Crippen molar-refractivity contribution in [3.8, 4) is 17.2 Å². The molecule has 0 bridgehead atoms. The molecular formula is C28H24ClNO4. The second kappa shape index (κ2) is 8.92. The Hall–Kier alpha value is -3.70. The Morgan fingerprint density at radius 2 is 1.97 bits per heavy atom. The maximum atomic E-state index is 13.1. The number of rotatable bonds is 6. The number of nitrogens with zero attached hydrogens (tertiary/aromatic N) is 1. The van der Waals surface area contributed by atoms with Gasteiger partial charge in [-0.2, -0.15) is 0 Å². The van der Waals surface area contributed by atoms with E-state index in [1.807, 2.05) is 67.7 Å². The molecular weight excluding hydrogens is 450 g/mol. The summed E-state index contributed by atoms with van der Waals surface area (Å²) in [6.07, 6.45) is 3.84. The average molecular weight is 474 g/mol. The highest BCUT2D eigenvalue weighted by atomic mass is 35.5. The van der Waals surface area contributed by atoms with Crippen molar-refractivity contribution in [2.24, 2.45) is 0 Å². The van der Waals surface area contributed by atoms with Gasteiger partial charge in [-0.15, -0.1) is 0 Å². The molecule has 4 aromatic rings. The minimum absolute atomic E-state index is 0.139. The van der Waals surface area contributed by atoms with Crippen LogP contribution in [0.3, 0.4) is 0 Å². The lowest BCUT2D eigenvalue weighted by atomic mass is 10.1. The average Bonchev–Trinajstić information content (AvgIpc) is 3.36. The largest absolute Gasteiger partial charge is 0.497 e. The predicted molar refractivity (Wildman–Crippen MR) is 134 cm³/mol. The summed E-state index contributed by atoms with van der Waals surface area (Å²) in [5, 5.41) is 1.67. The van der Waals surface area contributed by atoms with Gasteiger partial charge in [0.15, 0.2) is 5.76 Å². The SMILES string of the molecule is CCn1cc(/C=C2/Oc3c(ccc(OCc4cccc(Cl)c4)c3C)C2=O)c2cc(OC)ccc21. The molecule has 0 atom stereocenters. The van der Waals surface area contributed by atoms with E-state index in [-0.39, 0.29) is 5.78 Å². The van der Waals surface area contributed by atoms with Crippen molar-refractivity contribution in [2.75, 3.05) is 7.11 Å². The van der Waals surface area contributed by atoms with Crippen molar-refractivity contribution in [3.05, 3.63) is 93.8 Å². The van der Waals surface area contributed by atoms with E-state index in [9.17, 15) is 4.79 Å². The van der Waals surface area contributed by atoms with Gasteiger partial charge in [0.1, 0.15) is 23.9 Å². The molecule has 5 nitrogen and oxygen atoms in total. The number of hydrogen-bond acceptors (Lipinski definition) is 4. The number of carbonyl (C=O) groups is 1. The van der Waals surface area contributed by atoms with Crippen LogP contribution in [0, 0.1) is 6.92 Å². The third-order valence-corrected chi connectivity index (χ3v) is 6.30. The summed E-state index contributed by atoms with van der Waals surface area (Å²) in [7, 11) is 1.64. The number of Topliss-reactive ketones (excluding diaryl/α,β-unsaturated/α-hetero) is 1. The molecule has 0 unspecified atom stereocenters. The van der Waals surface area contributed by atoms with Gasteiger partial charge in [0, 0.05) is 39.8 Å². The van der Waals surface area contributed by atoms with Gasteiger partial charge in [0.05, 0.1) is 12.7 Å². The topological polar surface area (TPSA) is 49.7 Å². The number of aryl methyl sites for hydroxylation is 1. The quantitative estimate of drug-likeness (QED) is 0.288. The monoisotopic (exact) mass is 473 g/mol.